The second-order valence-electron chi connectivity index (χ2n) is 4.75. The Balaban J connectivity index is 1.68. The lowest BCUT2D eigenvalue weighted by Gasteiger charge is -2.04. The van der Waals surface area contributed by atoms with Gasteiger partial charge in [-0.2, -0.15) is 5.10 Å². The van der Waals surface area contributed by atoms with Gasteiger partial charge in [0.15, 0.2) is 0 Å². The van der Waals surface area contributed by atoms with Crippen LogP contribution in [0.25, 0.3) is 10.1 Å². The van der Waals surface area contributed by atoms with E-state index in [0.717, 1.165) is 15.6 Å². The van der Waals surface area contributed by atoms with Crippen LogP contribution in [0.5, 0.6) is 0 Å². The molecule has 0 aliphatic heterocycles. The van der Waals surface area contributed by atoms with Crippen molar-refractivity contribution in [3.05, 3.63) is 41.3 Å². The Morgan fingerprint density at radius 3 is 3.05 bits per heavy atom. The van der Waals surface area contributed by atoms with Gasteiger partial charge in [0.25, 0.3) is 5.91 Å². The molecule has 3 rings (SSSR count). The van der Waals surface area contributed by atoms with Gasteiger partial charge in [0.05, 0.1) is 23.1 Å². The molecule has 3 heterocycles. The summed E-state index contributed by atoms with van der Waals surface area (Å²) in [6.45, 7) is 3.12. The van der Waals surface area contributed by atoms with Crippen LogP contribution in [-0.2, 0) is 6.54 Å². The van der Waals surface area contributed by atoms with Crippen molar-refractivity contribution in [3.63, 3.8) is 0 Å². The standard InChI is InChI=1S/C14H15N5OS/c1-9-6-18-19(8-9)5-4-17-14(20)13-12(15)10-2-3-16-7-11(10)21-13/h2-3,6-8H,4-5,15H2,1H3,(H,17,20). The van der Waals surface area contributed by atoms with Crippen LogP contribution in [0.1, 0.15) is 15.2 Å². The molecule has 0 saturated heterocycles. The number of nitrogens with zero attached hydrogens (tertiary/aromatic N) is 3. The highest BCUT2D eigenvalue weighted by Crippen LogP contribution is 2.32. The lowest BCUT2D eigenvalue weighted by Crippen LogP contribution is -2.27. The number of pyridine rings is 1. The van der Waals surface area contributed by atoms with E-state index in [1.807, 2.05) is 19.2 Å². The number of hydrogen-bond acceptors (Lipinski definition) is 5. The zero-order valence-corrected chi connectivity index (χ0v) is 12.4. The molecule has 0 radical (unpaired) electrons. The zero-order chi connectivity index (χ0) is 14.8. The second-order valence-corrected chi connectivity index (χ2v) is 5.81. The Hall–Kier alpha value is -2.41. The van der Waals surface area contributed by atoms with E-state index >= 15 is 0 Å². The van der Waals surface area contributed by atoms with E-state index in [-0.39, 0.29) is 5.91 Å². The van der Waals surface area contributed by atoms with Crippen molar-refractivity contribution in [3.8, 4) is 0 Å². The van der Waals surface area contributed by atoms with E-state index in [0.29, 0.717) is 23.7 Å². The molecule has 0 aromatic carbocycles. The van der Waals surface area contributed by atoms with E-state index in [2.05, 4.69) is 15.4 Å². The number of nitrogens with two attached hydrogens (primary N) is 1. The highest BCUT2D eigenvalue weighted by molar-refractivity contribution is 7.21. The lowest BCUT2D eigenvalue weighted by atomic mass is 10.2. The normalized spacial score (nSPS) is 10.9. The predicted octanol–water partition coefficient (Wildman–Crippen LogP) is 1.81. The number of rotatable bonds is 4. The van der Waals surface area contributed by atoms with Gasteiger partial charge in [-0.05, 0) is 18.6 Å². The monoisotopic (exact) mass is 301 g/mol. The van der Waals surface area contributed by atoms with Gasteiger partial charge in [0.1, 0.15) is 4.88 Å². The summed E-state index contributed by atoms with van der Waals surface area (Å²) in [6.07, 6.45) is 7.12. The first kappa shape index (κ1) is 13.6. The summed E-state index contributed by atoms with van der Waals surface area (Å²) >= 11 is 1.36. The molecule has 0 atom stereocenters. The number of fused-ring (bicyclic) bond motifs is 1. The average Bonchev–Trinajstić information content (AvgIpc) is 3.03. The lowest BCUT2D eigenvalue weighted by molar-refractivity contribution is 0.0957. The highest BCUT2D eigenvalue weighted by Gasteiger charge is 2.15. The van der Waals surface area contributed by atoms with Crippen molar-refractivity contribution in [1.82, 2.24) is 20.1 Å². The van der Waals surface area contributed by atoms with Crippen molar-refractivity contribution in [2.45, 2.75) is 13.5 Å². The number of aryl methyl sites for hydroxylation is 1. The fourth-order valence-corrected chi connectivity index (χ4v) is 3.10. The number of anilines is 1. The summed E-state index contributed by atoms with van der Waals surface area (Å²) in [5.41, 5.74) is 7.65. The maximum atomic E-state index is 12.2. The molecule has 3 aromatic rings. The average molecular weight is 301 g/mol. The summed E-state index contributed by atoms with van der Waals surface area (Å²) in [4.78, 5) is 16.8. The number of carbonyl (C=O) groups is 1. The molecule has 7 heteroatoms. The maximum absolute atomic E-state index is 12.2. The molecule has 0 bridgehead atoms. The molecule has 0 saturated carbocycles. The molecule has 1 amide bonds. The topological polar surface area (TPSA) is 85.8 Å². The van der Waals surface area contributed by atoms with Gasteiger partial charge in [0.2, 0.25) is 0 Å². The molecule has 0 fully saturated rings. The summed E-state index contributed by atoms with van der Waals surface area (Å²) in [6, 6.07) is 1.82. The van der Waals surface area contributed by atoms with Gasteiger partial charge >= 0.3 is 0 Å². The van der Waals surface area contributed by atoms with Crippen LogP contribution in [0.3, 0.4) is 0 Å². The Labute approximate surface area is 125 Å². The van der Waals surface area contributed by atoms with Crippen LogP contribution >= 0.6 is 11.3 Å². The molecule has 3 N–H and O–H groups in total. The van der Waals surface area contributed by atoms with Crippen molar-refractivity contribution >= 4 is 33.0 Å². The first-order chi connectivity index (χ1) is 10.1. The quantitative estimate of drug-likeness (QED) is 0.769. The Morgan fingerprint density at radius 1 is 1.48 bits per heavy atom. The maximum Gasteiger partial charge on any atom is 0.263 e. The van der Waals surface area contributed by atoms with Crippen molar-refractivity contribution in [1.29, 1.82) is 0 Å². The molecule has 108 valence electrons. The predicted molar refractivity (Wildman–Crippen MR) is 83.3 cm³/mol. The molecular weight excluding hydrogens is 286 g/mol. The molecule has 0 aliphatic rings. The third kappa shape index (κ3) is 2.73. The SMILES string of the molecule is Cc1cnn(CCNC(=O)c2sc3cnccc3c2N)c1. The molecule has 0 aliphatic carbocycles. The molecular formula is C14H15N5OS. The van der Waals surface area contributed by atoms with Crippen LogP contribution < -0.4 is 11.1 Å². The second kappa shape index (κ2) is 5.53. The van der Waals surface area contributed by atoms with Crippen LogP contribution in [0, 0.1) is 6.92 Å². The third-order valence-corrected chi connectivity index (χ3v) is 4.28. The fourth-order valence-electron chi connectivity index (χ4n) is 2.09. The summed E-state index contributed by atoms with van der Waals surface area (Å²) in [5, 5.41) is 7.92. The minimum absolute atomic E-state index is 0.155. The van der Waals surface area contributed by atoms with E-state index in [9.17, 15) is 4.79 Å². The smallest absolute Gasteiger partial charge is 0.263 e. The van der Waals surface area contributed by atoms with Gasteiger partial charge in [0, 0.05) is 30.5 Å². The minimum atomic E-state index is -0.155. The number of aromatic nitrogens is 3. The highest BCUT2D eigenvalue weighted by atomic mass is 32.1. The molecule has 3 aromatic heterocycles. The number of thiophene rings is 1. The van der Waals surface area contributed by atoms with E-state index in [1.54, 1.807) is 23.3 Å². The molecule has 0 unspecified atom stereocenters. The van der Waals surface area contributed by atoms with Gasteiger partial charge in [-0.25, -0.2) is 0 Å². The first-order valence-corrected chi connectivity index (χ1v) is 7.36. The summed E-state index contributed by atoms with van der Waals surface area (Å²) in [5.74, 6) is -0.155. The van der Waals surface area contributed by atoms with Crippen LogP contribution in [0.15, 0.2) is 30.9 Å². The minimum Gasteiger partial charge on any atom is -0.397 e. The largest absolute Gasteiger partial charge is 0.397 e. The van der Waals surface area contributed by atoms with Crippen molar-refractivity contribution in [2.24, 2.45) is 0 Å². The summed E-state index contributed by atoms with van der Waals surface area (Å²) < 4.78 is 2.72. The van der Waals surface area contributed by atoms with E-state index in [4.69, 9.17) is 5.73 Å². The fraction of sp³-hybridized carbons (Fsp3) is 0.214. The number of nitrogen functional groups attached to an aromatic ring is 1. The number of hydrogen-bond donors (Lipinski definition) is 2. The Morgan fingerprint density at radius 2 is 2.33 bits per heavy atom. The van der Waals surface area contributed by atoms with Gasteiger partial charge < -0.3 is 11.1 Å². The van der Waals surface area contributed by atoms with Crippen LogP contribution in [-0.4, -0.2) is 27.2 Å². The van der Waals surface area contributed by atoms with Crippen LogP contribution in [0.2, 0.25) is 0 Å². The number of nitrogens with one attached hydrogen (secondary N) is 1. The van der Waals surface area contributed by atoms with E-state index in [1.165, 1.54) is 11.3 Å². The first-order valence-electron chi connectivity index (χ1n) is 6.54. The Kier molecular flexibility index (Phi) is 3.57. The number of amides is 1. The van der Waals surface area contributed by atoms with Gasteiger partial charge in [-0.3, -0.25) is 14.5 Å². The van der Waals surface area contributed by atoms with Gasteiger partial charge in [-0.15, -0.1) is 11.3 Å². The Bertz CT molecular complexity index is 792. The number of carbonyl (C=O) groups excluding carboxylic acids is 1. The van der Waals surface area contributed by atoms with Crippen molar-refractivity contribution < 1.29 is 4.79 Å². The van der Waals surface area contributed by atoms with Crippen molar-refractivity contribution in [2.75, 3.05) is 12.3 Å². The molecule has 0 spiro atoms. The summed E-state index contributed by atoms with van der Waals surface area (Å²) in [7, 11) is 0. The zero-order valence-electron chi connectivity index (χ0n) is 11.5. The third-order valence-electron chi connectivity index (χ3n) is 3.13. The van der Waals surface area contributed by atoms with Crippen LogP contribution in [0.4, 0.5) is 5.69 Å². The van der Waals surface area contributed by atoms with Gasteiger partial charge in [-0.1, -0.05) is 0 Å². The van der Waals surface area contributed by atoms with E-state index < -0.39 is 0 Å². The molecule has 21 heavy (non-hydrogen) atoms. The molecule has 6 nitrogen and oxygen atoms in total.